The number of aromatic nitrogens is 1. The molecule has 1 rings (SSSR count). The van der Waals surface area contributed by atoms with E-state index in [1.807, 2.05) is 13.0 Å². The smallest absolute Gasteiger partial charge is 0.328 e. The minimum Gasteiger partial charge on any atom is -0.478 e. The Bertz CT molecular complexity index is 368. The van der Waals surface area contributed by atoms with Crippen molar-refractivity contribution in [3.63, 3.8) is 0 Å². The average molecular weight is 210 g/mol. The van der Waals surface area contributed by atoms with E-state index in [9.17, 15) is 4.79 Å². The lowest BCUT2D eigenvalue weighted by atomic mass is 10.3. The molecule has 0 aliphatic heterocycles. The van der Waals surface area contributed by atoms with Crippen LogP contribution in [0, 0.1) is 6.92 Å². The Morgan fingerprint density at radius 1 is 1.73 bits per heavy atom. The van der Waals surface area contributed by atoms with E-state index in [-0.39, 0.29) is 0 Å². The summed E-state index contributed by atoms with van der Waals surface area (Å²) >= 11 is 0. The predicted molar refractivity (Wildman–Crippen MR) is 54.3 cm³/mol. The predicted octanol–water partition coefficient (Wildman–Crippen LogP) is 1.10. The minimum absolute atomic E-state index is 0.520. The fraction of sp³-hybridized carbons (Fsp3) is 0.400. The topological polar surface area (TPSA) is 75.4 Å². The quantitative estimate of drug-likeness (QED) is 0.712. The molecular formula is C10H14N2O3. The van der Waals surface area contributed by atoms with Gasteiger partial charge >= 0.3 is 5.97 Å². The molecule has 0 aromatic carbocycles. The van der Waals surface area contributed by atoms with Gasteiger partial charge in [0.05, 0.1) is 12.2 Å². The molecule has 0 saturated carbocycles. The second-order valence-corrected chi connectivity index (χ2v) is 3.37. The third kappa shape index (κ3) is 4.42. The van der Waals surface area contributed by atoms with Crippen LogP contribution in [0.5, 0.6) is 0 Å². The first-order chi connectivity index (χ1) is 7.08. The fourth-order valence-corrected chi connectivity index (χ4v) is 1.14. The molecule has 1 aromatic heterocycles. The van der Waals surface area contributed by atoms with Gasteiger partial charge in [-0.1, -0.05) is 10.7 Å². The molecule has 0 unspecified atom stereocenters. The highest BCUT2D eigenvalue weighted by Gasteiger charge is 2.00. The van der Waals surface area contributed by atoms with Crippen LogP contribution in [0.3, 0.4) is 0 Å². The fourth-order valence-electron chi connectivity index (χ4n) is 1.14. The summed E-state index contributed by atoms with van der Waals surface area (Å²) in [4.78, 5) is 10.3. The Balaban J connectivity index is 2.30. The van der Waals surface area contributed by atoms with E-state index >= 15 is 0 Å². The summed E-state index contributed by atoms with van der Waals surface area (Å²) in [5.74, 6) is -0.180. The van der Waals surface area contributed by atoms with Gasteiger partial charge in [-0.25, -0.2) is 4.79 Å². The number of carbonyl (C=O) groups is 1. The van der Waals surface area contributed by atoms with Crippen molar-refractivity contribution in [2.24, 2.45) is 0 Å². The number of aryl methyl sites for hydroxylation is 1. The van der Waals surface area contributed by atoms with Crippen molar-refractivity contribution in [2.45, 2.75) is 20.4 Å². The molecule has 1 heterocycles. The highest BCUT2D eigenvalue weighted by molar-refractivity contribution is 5.80. The average Bonchev–Trinajstić information content (AvgIpc) is 2.50. The highest BCUT2D eigenvalue weighted by Crippen LogP contribution is 2.01. The zero-order chi connectivity index (χ0) is 11.3. The van der Waals surface area contributed by atoms with Gasteiger partial charge in [0.15, 0.2) is 5.76 Å². The molecule has 0 amide bonds. The number of hydrogen-bond acceptors (Lipinski definition) is 4. The number of nitrogens with one attached hydrogen (secondary N) is 1. The summed E-state index contributed by atoms with van der Waals surface area (Å²) in [5.41, 5.74) is 1.60. The summed E-state index contributed by atoms with van der Waals surface area (Å²) in [6, 6.07) is 1.84. The summed E-state index contributed by atoms with van der Waals surface area (Å²) < 4.78 is 4.98. The van der Waals surface area contributed by atoms with Gasteiger partial charge in [-0.3, -0.25) is 0 Å². The van der Waals surface area contributed by atoms with Crippen molar-refractivity contribution < 1.29 is 14.4 Å². The van der Waals surface area contributed by atoms with Crippen molar-refractivity contribution in [1.82, 2.24) is 10.5 Å². The Morgan fingerprint density at radius 2 is 2.47 bits per heavy atom. The third-order valence-electron chi connectivity index (χ3n) is 1.75. The first kappa shape index (κ1) is 11.5. The molecule has 5 heteroatoms. The number of rotatable bonds is 5. The SMILES string of the molecule is CC(=CC(=O)O)CNCc1cc(C)no1. The number of hydrogen-bond donors (Lipinski definition) is 2. The lowest BCUT2D eigenvalue weighted by Gasteiger charge is -2.00. The second kappa shape index (κ2) is 5.31. The van der Waals surface area contributed by atoms with Crippen LogP contribution in [0.2, 0.25) is 0 Å². The van der Waals surface area contributed by atoms with Gasteiger partial charge in [0.25, 0.3) is 0 Å². The molecule has 2 N–H and O–H groups in total. The summed E-state index contributed by atoms with van der Waals surface area (Å²) in [6.07, 6.45) is 1.18. The molecule has 5 nitrogen and oxygen atoms in total. The summed E-state index contributed by atoms with van der Waals surface area (Å²) in [6.45, 7) is 4.67. The standard InChI is InChI=1S/C10H14N2O3/c1-7(3-10(13)14)5-11-6-9-4-8(2)12-15-9/h3-4,11H,5-6H2,1-2H3,(H,13,14). The molecule has 0 aliphatic carbocycles. The normalized spacial score (nSPS) is 11.7. The van der Waals surface area contributed by atoms with E-state index in [4.69, 9.17) is 9.63 Å². The zero-order valence-electron chi connectivity index (χ0n) is 8.78. The molecule has 0 radical (unpaired) electrons. The summed E-state index contributed by atoms with van der Waals surface area (Å²) in [5, 5.41) is 15.3. The van der Waals surface area contributed by atoms with Gasteiger partial charge in [-0.05, 0) is 13.8 Å². The van der Waals surface area contributed by atoms with E-state index in [0.29, 0.717) is 13.1 Å². The Hall–Kier alpha value is -1.62. The third-order valence-corrected chi connectivity index (χ3v) is 1.75. The van der Waals surface area contributed by atoms with Crippen LogP contribution in [-0.2, 0) is 11.3 Å². The van der Waals surface area contributed by atoms with Crippen molar-refractivity contribution in [1.29, 1.82) is 0 Å². The maximum absolute atomic E-state index is 10.3. The van der Waals surface area contributed by atoms with Crippen molar-refractivity contribution >= 4 is 5.97 Å². The molecule has 0 saturated heterocycles. The largest absolute Gasteiger partial charge is 0.478 e. The van der Waals surface area contributed by atoms with Gasteiger partial charge in [-0.15, -0.1) is 0 Å². The molecule has 1 aromatic rings. The molecule has 0 bridgehead atoms. The maximum atomic E-state index is 10.3. The number of carboxylic acid groups (broad SMARTS) is 1. The van der Waals surface area contributed by atoms with Crippen LogP contribution in [0.4, 0.5) is 0 Å². The van der Waals surface area contributed by atoms with Crippen LogP contribution in [-0.4, -0.2) is 22.8 Å². The lowest BCUT2D eigenvalue weighted by molar-refractivity contribution is -0.131. The van der Waals surface area contributed by atoms with E-state index in [2.05, 4.69) is 10.5 Å². The maximum Gasteiger partial charge on any atom is 0.328 e. The Morgan fingerprint density at radius 3 is 3.00 bits per heavy atom. The van der Waals surface area contributed by atoms with Crippen LogP contribution in [0.25, 0.3) is 0 Å². The minimum atomic E-state index is -0.926. The first-order valence-electron chi connectivity index (χ1n) is 4.61. The molecule has 0 aliphatic rings. The van der Waals surface area contributed by atoms with Gasteiger partial charge in [0.1, 0.15) is 0 Å². The van der Waals surface area contributed by atoms with Crippen LogP contribution in [0.15, 0.2) is 22.2 Å². The van der Waals surface area contributed by atoms with Crippen LogP contribution < -0.4 is 5.32 Å². The Labute approximate surface area is 87.8 Å². The molecule has 82 valence electrons. The van der Waals surface area contributed by atoms with E-state index in [1.54, 1.807) is 6.92 Å². The molecule has 0 fully saturated rings. The number of aliphatic carboxylic acids is 1. The lowest BCUT2D eigenvalue weighted by Crippen LogP contribution is -2.15. The molecular weight excluding hydrogens is 196 g/mol. The number of nitrogens with zero attached hydrogens (tertiary/aromatic N) is 1. The zero-order valence-corrected chi connectivity index (χ0v) is 8.78. The summed E-state index contributed by atoms with van der Waals surface area (Å²) in [7, 11) is 0. The van der Waals surface area contributed by atoms with Gasteiger partial charge in [-0.2, -0.15) is 0 Å². The Kier molecular flexibility index (Phi) is 4.05. The number of carboxylic acids is 1. The van der Waals surface area contributed by atoms with Crippen molar-refractivity contribution in [3.8, 4) is 0 Å². The molecule has 0 atom stereocenters. The van der Waals surface area contributed by atoms with Crippen molar-refractivity contribution in [3.05, 3.63) is 29.2 Å². The van der Waals surface area contributed by atoms with Gasteiger partial charge in [0.2, 0.25) is 0 Å². The van der Waals surface area contributed by atoms with E-state index in [1.165, 1.54) is 6.08 Å². The molecule has 15 heavy (non-hydrogen) atoms. The van der Waals surface area contributed by atoms with Crippen LogP contribution >= 0.6 is 0 Å². The highest BCUT2D eigenvalue weighted by atomic mass is 16.5. The van der Waals surface area contributed by atoms with Crippen molar-refractivity contribution in [2.75, 3.05) is 6.54 Å². The monoisotopic (exact) mass is 210 g/mol. The van der Waals surface area contributed by atoms with Gasteiger partial charge in [0, 0.05) is 18.7 Å². The first-order valence-corrected chi connectivity index (χ1v) is 4.61. The molecule has 0 spiro atoms. The van der Waals surface area contributed by atoms with Gasteiger partial charge < -0.3 is 14.9 Å². The van der Waals surface area contributed by atoms with E-state index < -0.39 is 5.97 Å². The van der Waals surface area contributed by atoms with E-state index in [0.717, 1.165) is 17.0 Å². The van der Waals surface area contributed by atoms with Crippen LogP contribution in [0.1, 0.15) is 18.4 Å². The second-order valence-electron chi connectivity index (χ2n) is 3.37.